The van der Waals surface area contributed by atoms with Gasteiger partial charge in [-0.2, -0.15) is 13.2 Å². The number of alkyl halides is 5. The van der Waals surface area contributed by atoms with Crippen molar-refractivity contribution >= 4 is 23.2 Å². The van der Waals surface area contributed by atoms with Crippen LogP contribution in [-0.4, -0.2) is 10.5 Å². The largest absolute Gasteiger partial charge is 0.394 e. The Morgan fingerprint density at radius 1 is 1.33 bits per heavy atom. The molecule has 0 bridgehead atoms. The molecule has 0 nitrogen and oxygen atoms in total. The molecule has 0 amide bonds. The van der Waals surface area contributed by atoms with Gasteiger partial charge < -0.3 is 0 Å². The van der Waals surface area contributed by atoms with E-state index in [4.69, 9.17) is 23.2 Å². The van der Waals surface area contributed by atoms with Gasteiger partial charge in [-0.15, -0.1) is 23.2 Å². The third-order valence-corrected chi connectivity index (χ3v) is 2.06. The average Bonchev–Trinajstić information content (AvgIpc) is 2.10. The van der Waals surface area contributed by atoms with Crippen LogP contribution in [0.25, 0.3) is 0 Å². The highest BCUT2D eigenvalue weighted by Crippen LogP contribution is 2.60. The molecule has 0 aliphatic heterocycles. The zero-order valence-electron chi connectivity index (χ0n) is 4.17. The minimum absolute atomic E-state index is 0.167. The molecule has 1 unspecified atom stereocenters. The Kier molecular flexibility index (Phi) is 1.41. The molecule has 1 atom stereocenters. The molecular formula is C4H3Cl2F3. The predicted octanol–water partition coefficient (Wildman–Crippen LogP) is 2.74. The van der Waals surface area contributed by atoms with E-state index in [1.54, 1.807) is 0 Å². The number of hydrogen-bond acceptors (Lipinski definition) is 0. The van der Waals surface area contributed by atoms with Crippen molar-refractivity contribution in [2.45, 2.75) is 16.9 Å². The molecule has 1 rings (SSSR count). The number of rotatable bonds is 0. The van der Waals surface area contributed by atoms with Gasteiger partial charge in [-0.3, -0.25) is 0 Å². The average molecular weight is 179 g/mol. The van der Waals surface area contributed by atoms with Gasteiger partial charge >= 0.3 is 6.18 Å². The summed E-state index contributed by atoms with van der Waals surface area (Å²) in [6, 6.07) is 0. The fourth-order valence-corrected chi connectivity index (χ4v) is 1.12. The van der Waals surface area contributed by atoms with E-state index in [9.17, 15) is 13.2 Å². The lowest BCUT2D eigenvalue weighted by Gasteiger charge is -2.03. The fourth-order valence-electron chi connectivity index (χ4n) is 0.568. The molecule has 0 aromatic carbocycles. The second kappa shape index (κ2) is 1.70. The van der Waals surface area contributed by atoms with Crippen molar-refractivity contribution < 1.29 is 13.2 Å². The highest BCUT2D eigenvalue weighted by molar-refractivity contribution is 6.50. The van der Waals surface area contributed by atoms with Crippen LogP contribution in [-0.2, 0) is 0 Å². The van der Waals surface area contributed by atoms with E-state index in [1.807, 2.05) is 0 Å². The Labute approximate surface area is 59.9 Å². The molecule has 54 valence electrons. The molecule has 5 heteroatoms. The summed E-state index contributed by atoms with van der Waals surface area (Å²) in [5.74, 6) is -1.51. The SMILES string of the molecule is FC(F)(F)C1CC1(Cl)Cl. The monoisotopic (exact) mass is 178 g/mol. The molecule has 9 heavy (non-hydrogen) atoms. The van der Waals surface area contributed by atoms with Crippen LogP contribution in [0.5, 0.6) is 0 Å². The van der Waals surface area contributed by atoms with Crippen molar-refractivity contribution in [2.75, 3.05) is 0 Å². The first kappa shape index (κ1) is 7.48. The summed E-state index contributed by atoms with van der Waals surface area (Å²) in [5, 5.41) is 0. The highest BCUT2D eigenvalue weighted by atomic mass is 35.5. The Morgan fingerprint density at radius 2 is 1.67 bits per heavy atom. The third-order valence-electron chi connectivity index (χ3n) is 1.22. The third kappa shape index (κ3) is 1.44. The molecule has 1 fully saturated rings. The van der Waals surface area contributed by atoms with Crippen LogP contribution < -0.4 is 0 Å². The molecule has 1 saturated carbocycles. The lowest BCUT2D eigenvalue weighted by atomic mass is 10.4. The predicted molar refractivity (Wildman–Crippen MR) is 28.6 cm³/mol. The molecule has 0 saturated heterocycles. The van der Waals surface area contributed by atoms with Crippen molar-refractivity contribution in [3.63, 3.8) is 0 Å². The maximum atomic E-state index is 11.6. The molecule has 1 aliphatic rings. The first-order chi connectivity index (χ1) is 3.84. The van der Waals surface area contributed by atoms with E-state index in [2.05, 4.69) is 0 Å². The lowest BCUT2D eigenvalue weighted by molar-refractivity contribution is -0.147. The van der Waals surface area contributed by atoms with E-state index in [0.717, 1.165) is 0 Å². The summed E-state index contributed by atoms with van der Waals surface area (Å²) >= 11 is 10.3. The standard InChI is InChI=1S/C4H3Cl2F3/c5-3(6)1-2(3)4(7,8)9/h2H,1H2. The van der Waals surface area contributed by atoms with Crippen molar-refractivity contribution in [3.8, 4) is 0 Å². The summed E-state index contributed by atoms with van der Waals surface area (Å²) < 4.78 is 33.2. The van der Waals surface area contributed by atoms with Crippen molar-refractivity contribution in [2.24, 2.45) is 5.92 Å². The minimum atomic E-state index is -4.22. The first-order valence-corrected chi connectivity index (χ1v) is 3.04. The molecule has 0 spiro atoms. The smallest absolute Gasteiger partial charge is 0.171 e. The van der Waals surface area contributed by atoms with Crippen LogP contribution in [0.1, 0.15) is 6.42 Å². The second-order valence-corrected chi connectivity index (χ2v) is 3.60. The van der Waals surface area contributed by atoms with Crippen molar-refractivity contribution in [3.05, 3.63) is 0 Å². The maximum Gasteiger partial charge on any atom is 0.394 e. The van der Waals surface area contributed by atoms with E-state index in [1.165, 1.54) is 0 Å². The Hall–Kier alpha value is 0.370. The van der Waals surface area contributed by atoms with Gasteiger partial charge in [0.15, 0.2) is 0 Å². The lowest BCUT2D eigenvalue weighted by Crippen LogP contribution is -2.14. The molecule has 0 radical (unpaired) electrons. The molecule has 0 aromatic heterocycles. The quantitative estimate of drug-likeness (QED) is 0.501. The summed E-state index contributed by atoms with van der Waals surface area (Å²) in [6.45, 7) is 0. The minimum Gasteiger partial charge on any atom is -0.171 e. The van der Waals surface area contributed by atoms with Gasteiger partial charge in [0.1, 0.15) is 4.33 Å². The van der Waals surface area contributed by atoms with Gasteiger partial charge in [0.2, 0.25) is 0 Å². The normalized spacial score (nSPS) is 32.3. The van der Waals surface area contributed by atoms with Gasteiger partial charge in [0.05, 0.1) is 5.92 Å². The van der Waals surface area contributed by atoms with Crippen LogP contribution in [0, 0.1) is 5.92 Å². The number of halogens is 5. The summed E-state index contributed by atoms with van der Waals surface area (Å²) in [5.41, 5.74) is 0. The van der Waals surface area contributed by atoms with Gasteiger partial charge in [0.25, 0.3) is 0 Å². The second-order valence-electron chi connectivity index (χ2n) is 2.06. The van der Waals surface area contributed by atoms with Gasteiger partial charge in [-0.1, -0.05) is 0 Å². The van der Waals surface area contributed by atoms with E-state index < -0.39 is 16.4 Å². The maximum absolute atomic E-state index is 11.6. The van der Waals surface area contributed by atoms with E-state index in [-0.39, 0.29) is 6.42 Å². The fraction of sp³-hybridized carbons (Fsp3) is 1.00. The molecular weight excluding hydrogens is 176 g/mol. The molecule has 0 aromatic rings. The van der Waals surface area contributed by atoms with Crippen LogP contribution in [0.15, 0.2) is 0 Å². The zero-order valence-corrected chi connectivity index (χ0v) is 5.69. The molecule has 0 heterocycles. The van der Waals surface area contributed by atoms with E-state index >= 15 is 0 Å². The summed E-state index contributed by atoms with van der Waals surface area (Å²) in [7, 11) is 0. The summed E-state index contributed by atoms with van der Waals surface area (Å²) in [6.07, 6.45) is -4.39. The summed E-state index contributed by atoms with van der Waals surface area (Å²) in [4.78, 5) is 0. The molecule has 0 N–H and O–H groups in total. The van der Waals surface area contributed by atoms with Crippen LogP contribution >= 0.6 is 23.2 Å². The van der Waals surface area contributed by atoms with E-state index in [0.29, 0.717) is 0 Å². The first-order valence-electron chi connectivity index (χ1n) is 2.28. The van der Waals surface area contributed by atoms with Crippen LogP contribution in [0.2, 0.25) is 0 Å². The van der Waals surface area contributed by atoms with Gasteiger partial charge in [-0.25, -0.2) is 0 Å². The number of hydrogen-bond donors (Lipinski definition) is 0. The Balaban J connectivity index is 2.52. The van der Waals surface area contributed by atoms with Crippen LogP contribution in [0.3, 0.4) is 0 Å². The topological polar surface area (TPSA) is 0 Å². The van der Waals surface area contributed by atoms with Gasteiger partial charge in [-0.05, 0) is 6.42 Å². The zero-order chi connectivity index (χ0) is 7.28. The van der Waals surface area contributed by atoms with Crippen molar-refractivity contribution in [1.82, 2.24) is 0 Å². The highest BCUT2D eigenvalue weighted by Gasteiger charge is 2.65. The van der Waals surface area contributed by atoms with Gasteiger partial charge in [0, 0.05) is 0 Å². The Morgan fingerprint density at radius 3 is 1.67 bits per heavy atom. The van der Waals surface area contributed by atoms with Crippen molar-refractivity contribution in [1.29, 1.82) is 0 Å². The Bertz CT molecular complexity index is 128. The van der Waals surface area contributed by atoms with Crippen LogP contribution in [0.4, 0.5) is 13.2 Å². The molecule has 1 aliphatic carbocycles.